The van der Waals surface area contributed by atoms with E-state index in [1.807, 2.05) is 78.5 Å². The molecule has 2 heterocycles. The number of nitrogens with zero attached hydrogens (tertiary/aromatic N) is 3. The van der Waals surface area contributed by atoms with Gasteiger partial charge in [-0.2, -0.15) is 5.26 Å². The highest BCUT2D eigenvalue weighted by atomic mass is 32.1. The highest BCUT2D eigenvalue weighted by Crippen LogP contribution is 2.34. The van der Waals surface area contributed by atoms with Crippen molar-refractivity contribution in [2.75, 3.05) is 0 Å². The van der Waals surface area contributed by atoms with Crippen molar-refractivity contribution in [1.82, 2.24) is 9.55 Å². The Morgan fingerprint density at radius 1 is 1.14 bits per heavy atom. The molecule has 0 saturated heterocycles. The van der Waals surface area contributed by atoms with Crippen molar-refractivity contribution in [1.29, 1.82) is 5.26 Å². The van der Waals surface area contributed by atoms with Gasteiger partial charge in [0.2, 0.25) is 5.78 Å². The van der Waals surface area contributed by atoms with Gasteiger partial charge in [-0.15, -0.1) is 11.3 Å². The molecule has 136 valence electrons. The van der Waals surface area contributed by atoms with Crippen molar-refractivity contribution in [3.63, 3.8) is 0 Å². The number of carbonyl (C=O) groups excluding carboxylic acids is 1. The van der Waals surface area contributed by atoms with E-state index in [0.717, 1.165) is 27.2 Å². The zero-order valence-corrected chi connectivity index (χ0v) is 16.3. The molecule has 4 rings (SSSR count). The molecule has 0 N–H and O–H groups in total. The monoisotopic (exact) mass is 383 g/mol. The molecule has 4 aromatic rings. The van der Waals surface area contributed by atoms with Crippen LogP contribution in [-0.2, 0) is 7.05 Å². The number of aryl methyl sites for hydroxylation is 2. The second-order valence-electron chi connectivity index (χ2n) is 6.46. The minimum atomic E-state index is -0.288. The first kappa shape index (κ1) is 17.9. The maximum Gasteiger partial charge on any atom is 0.206 e. The Morgan fingerprint density at radius 2 is 1.86 bits per heavy atom. The Morgan fingerprint density at radius 3 is 2.54 bits per heavy atom. The molecule has 0 radical (unpaired) electrons. The number of benzene rings is 2. The van der Waals surface area contributed by atoms with Crippen molar-refractivity contribution >= 4 is 34.1 Å². The summed E-state index contributed by atoms with van der Waals surface area (Å²) >= 11 is 1.49. The number of rotatable bonds is 4. The number of hydrogen-bond acceptors (Lipinski definition) is 4. The minimum Gasteiger partial charge on any atom is -0.343 e. The number of thiazole rings is 1. The summed E-state index contributed by atoms with van der Waals surface area (Å²) in [6.07, 6.45) is 1.57. The lowest BCUT2D eigenvalue weighted by Gasteiger charge is -2.07. The van der Waals surface area contributed by atoms with Crippen LogP contribution in [0.25, 0.3) is 28.2 Å². The molecular weight excluding hydrogens is 366 g/mol. The lowest BCUT2D eigenvalue weighted by Crippen LogP contribution is -2.05. The molecule has 28 heavy (non-hydrogen) atoms. The third kappa shape index (κ3) is 3.04. The maximum absolute atomic E-state index is 13.5. The number of fused-ring (bicyclic) bond motifs is 1. The summed E-state index contributed by atoms with van der Waals surface area (Å²) in [6.45, 7) is 1.90. The van der Waals surface area contributed by atoms with Crippen LogP contribution in [0.3, 0.4) is 0 Å². The second kappa shape index (κ2) is 7.26. The van der Waals surface area contributed by atoms with Crippen molar-refractivity contribution in [3.05, 3.63) is 81.8 Å². The van der Waals surface area contributed by atoms with E-state index in [2.05, 4.69) is 11.1 Å². The zero-order chi connectivity index (χ0) is 19.7. The number of carbonyl (C=O) groups is 1. The summed E-state index contributed by atoms with van der Waals surface area (Å²) in [4.78, 5) is 17.8. The summed E-state index contributed by atoms with van der Waals surface area (Å²) in [5.74, 6) is -0.288. The highest BCUT2D eigenvalue weighted by molar-refractivity contribution is 7.09. The van der Waals surface area contributed by atoms with Gasteiger partial charge in [0.1, 0.15) is 11.6 Å². The predicted molar refractivity (Wildman–Crippen MR) is 113 cm³/mol. The van der Waals surface area contributed by atoms with Gasteiger partial charge in [-0.25, -0.2) is 4.98 Å². The van der Waals surface area contributed by atoms with Crippen LogP contribution in [0.4, 0.5) is 0 Å². The molecule has 0 fully saturated rings. The average Bonchev–Trinajstić information content (AvgIpc) is 3.27. The fraction of sp³-hybridized carbons (Fsp3) is 0.0870. The summed E-state index contributed by atoms with van der Waals surface area (Å²) in [5, 5.41) is 13.3. The van der Waals surface area contributed by atoms with E-state index in [9.17, 15) is 10.1 Å². The van der Waals surface area contributed by atoms with Gasteiger partial charge < -0.3 is 4.57 Å². The molecule has 0 spiro atoms. The van der Waals surface area contributed by atoms with Crippen molar-refractivity contribution in [2.45, 2.75) is 6.92 Å². The molecule has 2 aromatic heterocycles. The van der Waals surface area contributed by atoms with E-state index in [4.69, 9.17) is 0 Å². The number of hydrogen-bond donors (Lipinski definition) is 0. The molecule has 0 unspecified atom stereocenters. The topological polar surface area (TPSA) is 58.7 Å². The van der Waals surface area contributed by atoms with Crippen LogP contribution < -0.4 is 0 Å². The normalized spacial score (nSPS) is 11.5. The Labute approximate surface area is 167 Å². The van der Waals surface area contributed by atoms with Gasteiger partial charge in [-0.05, 0) is 24.6 Å². The fourth-order valence-electron chi connectivity index (χ4n) is 3.43. The van der Waals surface area contributed by atoms with Gasteiger partial charge in [0.05, 0.1) is 22.0 Å². The minimum absolute atomic E-state index is 0.0823. The fourth-order valence-corrected chi connectivity index (χ4v) is 4.00. The number of Topliss-reactive ketones (excluding diaryl/α,β-unsaturated/α-hetero) is 1. The SMILES string of the molecule is Cc1nc(/C=C(\C#N)C(=O)c2c(-c3ccccc3)n(C)c3ccccc23)cs1. The van der Waals surface area contributed by atoms with Crippen LogP contribution in [0.5, 0.6) is 0 Å². The van der Waals surface area contributed by atoms with E-state index in [1.165, 1.54) is 11.3 Å². The lowest BCUT2D eigenvalue weighted by atomic mass is 9.97. The quantitative estimate of drug-likeness (QED) is 0.269. The standard InChI is InChI=1S/C23H17N3OS/c1-15-25-18(14-28-15)12-17(13-24)23(27)21-19-10-6-7-11-20(19)26(2)22(21)16-8-4-3-5-9-16/h3-12,14H,1-2H3/b17-12+. The van der Waals surface area contributed by atoms with Crippen LogP contribution in [-0.4, -0.2) is 15.3 Å². The summed E-state index contributed by atoms with van der Waals surface area (Å²) in [5.41, 5.74) is 3.96. The number of nitriles is 1. The van der Waals surface area contributed by atoms with Gasteiger partial charge in [-0.3, -0.25) is 4.79 Å². The van der Waals surface area contributed by atoms with Crippen LogP contribution in [0, 0.1) is 18.3 Å². The number of ketones is 1. The molecule has 0 saturated carbocycles. The molecule has 0 aliphatic heterocycles. The Balaban J connectivity index is 1.96. The van der Waals surface area contributed by atoms with Gasteiger partial charge in [0, 0.05) is 23.3 Å². The van der Waals surface area contributed by atoms with E-state index >= 15 is 0 Å². The number of para-hydroxylation sites is 1. The lowest BCUT2D eigenvalue weighted by molar-refractivity contribution is 0.104. The van der Waals surface area contributed by atoms with E-state index in [0.29, 0.717) is 11.3 Å². The molecule has 5 heteroatoms. The molecule has 0 aliphatic carbocycles. The number of aromatic nitrogens is 2. The molecule has 2 aromatic carbocycles. The second-order valence-corrected chi connectivity index (χ2v) is 7.52. The Hall–Kier alpha value is -3.49. The van der Waals surface area contributed by atoms with Crippen molar-refractivity contribution < 1.29 is 4.79 Å². The van der Waals surface area contributed by atoms with Crippen molar-refractivity contribution in [3.8, 4) is 17.3 Å². The molecule has 0 atom stereocenters. The predicted octanol–water partition coefficient (Wildman–Crippen LogP) is 5.40. The van der Waals surface area contributed by atoms with Gasteiger partial charge in [-0.1, -0.05) is 48.5 Å². The molecular formula is C23H17N3OS. The Bertz CT molecular complexity index is 1260. The largest absolute Gasteiger partial charge is 0.343 e. The van der Waals surface area contributed by atoms with E-state index < -0.39 is 0 Å². The number of allylic oxidation sites excluding steroid dienone is 1. The highest BCUT2D eigenvalue weighted by Gasteiger charge is 2.24. The van der Waals surface area contributed by atoms with Gasteiger partial charge >= 0.3 is 0 Å². The summed E-state index contributed by atoms with van der Waals surface area (Å²) in [7, 11) is 1.95. The molecule has 0 aliphatic rings. The summed E-state index contributed by atoms with van der Waals surface area (Å²) in [6, 6.07) is 19.6. The van der Waals surface area contributed by atoms with Gasteiger partial charge in [0.15, 0.2) is 0 Å². The molecule has 4 nitrogen and oxygen atoms in total. The smallest absolute Gasteiger partial charge is 0.206 e. The first-order valence-electron chi connectivity index (χ1n) is 8.81. The van der Waals surface area contributed by atoms with Crippen LogP contribution in [0.2, 0.25) is 0 Å². The van der Waals surface area contributed by atoms with Crippen molar-refractivity contribution in [2.24, 2.45) is 7.05 Å². The first-order chi connectivity index (χ1) is 13.6. The van der Waals surface area contributed by atoms with Crippen LogP contribution in [0.1, 0.15) is 21.1 Å². The summed E-state index contributed by atoms with van der Waals surface area (Å²) < 4.78 is 2.01. The maximum atomic E-state index is 13.5. The zero-order valence-electron chi connectivity index (χ0n) is 15.5. The van der Waals surface area contributed by atoms with E-state index in [1.54, 1.807) is 6.08 Å². The molecule has 0 bridgehead atoms. The van der Waals surface area contributed by atoms with E-state index in [-0.39, 0.29) is 11.4 Å². The third-order valence-corrected chi connectivity index (χ3v) is 5.47. The third-order valence-electron chi connectivity index (χ3n) is 4.68. The van der Waals surface area contributed by atoms with Crippen LogP contribution in [0.15, 0.2) is 65.6 Å². The van der Waals surface area contributed by atoms with Gasteiger partial charge in [0.25, 0.3) is 0 Å². The Kier molecular flexibility index (Phi) is 4.64. The molecule has 0 amide bonds. The average molecular weight is 383 g/mol. The first-order valence-corrected chi connectivity index (χ1v) is 9.69. The van der Waals surface area contributed by atoms with Crippen LogP contribution >= 0.6 is 11.3 Å².